The number of ketones is 1. The molecular formula is C7H6F6O2. The molecule has 8 heteroatoms. The molecule has 0 radical (unpaired) electrons. The molecule has 0 atom stereocenters. The van der Waals surface area contributed by atoms with Crippen LogP contribution in [0.5, 0.6) is 0 Å². The summed E-state index contributed by atoms with van der Waals surface area (Å²) in [7, 11) is 0. The lowest BCUT2D eigenvalue weighted by molar-refractivity contribution is -0.340. The van der Waals surface area contributed by atoms with Crippen LogP contribution in [0.25, 0.3) is 0 Å². The van der Waals surface area contributed by atoms with E-state index < -0.39 is 43.2 Å². The van der Waals surface area contributed by atoms with Gasteiger partial charge in [-0.3, -0.25) is 4.79 Å². The van der Waals surface area contributed by atoms with Gasteiger partial charge in [0, 0.05) is 6.42 Å². The third-order valence-corrected chi connectivity index (χ3v) is 2.24. The number of alkyl halides is 6. The Balaban J connectivity index is 3.23. The van der Waals surface area contributed by atoms with Gasteiger partial charge in [-0.2, -0.15) is 26.3 Å². The van der Waals surface area contributed by atoms with Gasteiger partial charge in [-0.25, -0.2) is 0 Å². The first-order chi connectivity index (χ1) is 6.63. The summed E-state index contributed by atoms with van der Waals surface area (Å²) < 4.78 is 78.1. The van der Waals surface area contributed by atoms with Crippen molar-refractivity contribution in [2.75, 3.05) is 13.2 Å². The fourth-order valence-electron chi connectivity index (χ4n) is 1.32. The quantitative estimate of drug-likeness (QED) is 0.602. The molecule has 0 aliphatic carbocycles. The first-order valence-corrected chi connectivity index (χ1v) is 3.87. The summed E-state index contributed by atoms with van der Waals surface area (Å²) in [6.07, 6.45) is -12.2. The van der Waals surface area contributed by atoms with Crippen molar-refractivity contribution >= 4 is 5.78 Å². The Bertz CT molecular complexity index is 252. The van der Waals surface area contributed by atoms with Crippen LogP contribution in [0.4, 0.5) is 26.3 Å². The minimum Gasteiger partial charge on any atom is -0.379 e. The van der Waals surface area contributed by atoms with Crippen LogP contribution in [0.1, 0.15) is 6.42 Å². The Morgan fingerprint density at radius 1 is 1.07 bits per heavy atom. The molecule has 0 spiro atoms. The van der Waals surface area contributed by atoms with E-state index in [0.717, 1.165) is 0 Å². The van der Waals surface area contributed by atoms with Crippen molar-refractivity contribution in [2.45, 2.75) is 18.8 Å². The first-order valence-electron chi connectivity index (χ1n) is 3.87. The molecule has 1 aliphatic heterocycles. The third-order valence-electron chi connectivity index (χ3n) is 2.24. The van der Waals surface area contributed by atoms with E-state index in [1.54, 1.807) is 0 Å². The number of halogens is 6. The predicted molar refractivity (Wildman–Crippen MR) is 35.0 cm³/mol. The summed E-state index contributed by atoms with van der Waals surface area (Å²) in [5.74, 6) is -1.88. The lowest BCUT2D eigenvalue weighted by Crippen LogP contribution is -2.60. The molecule has 0 aromatic heterocycles. The van der Waals surface area contributed by atoms with Crippen LogP contribution in [0.3, 0.4) is 0 Å². The van der Waals surface area contributed by atoms with Crippen molar-refractivity contribution < 1.29 is 35.9 Å². The number of hydrogen-bond donors (Lipinski definition) is 0. The molecule has 15 heavy (non-hydrogen) atoms. The minimum atomic E-state index is -5.68. The SMILES string of the molecule is O=C1CCOCC1(C(F)(F)F)C(F)(F)F. The van der Waals surface area contributed by atoms with Crippen LogP contribution < -0.4 is 0 Å². The number of carbonyl (C=O) groups is 1. The maximum absolute atomic E-state index is 12.3. The van der Waals surface area contributed by atoms with Gasteiger partial charge in [0.2, 0.25) is 5.41 Å². The van der Waals surface area contributed by atoms with Crippen molar-refractivity contribution in [1.82, 2.24) is 0 Å². The van der Waals surface area contributed by atoms with Crippen LogP contribution in [0.15, 0.2) is 0 Å². The van der Waals surface area contributed by atoms with E-state index >= 15 is 0 Å². The van der Waals surface area contributed by atoms with Gasteiger partial charge in [0.05, 0.1) is 13.2 Å². The Morgan fingerprint density at radius 2 is 1.53 bits per heavy atom. The first kappa shape index (κ1) is 12.3. The van der Waals surface area contributed by atoms with Gasteiger partial charge >= 0.3 is 12.4 Å². The monoisotopic (exact) mass is 236 g/mol. The maximum Gasteiger partial charge on any atom is 0.412 e. The molecule has 0 aromatic carbocycles. The number of rotatable bonds is 0. The van der Waals surface area contributed by atoms with Crippen molar-refractivity contribution in [3.05, 3.63) is 0 Å². The third kappa shape index (κ3) is 1.70. The van der Waals surface area contributed by atoms with Gasteiger partial charge in [-0.1, -0.05) is 0 Å². The van der Waals surface area contributed by atoms with Gasteiger partial charge in [0.1, 0.15) is 0 Å². The fourth-order valence-corrected chi connectivity index (χ4v) is 1.32. The highest BCUT2D eigenvalue weighted by Gasteiger charge is 2.75. The van der Waals surface area contributed by atoms with E-state index in [2.05, 4.69) is 4.74 Å². The van der Waals surface area contributed by atoms with Crippen molar-refractivity contribution in [3.8, 4) is 0 Å². The molecule has 1 fully saturated rings. The summed E-state index contributed by atoms with van der Waals surface area (Å²) in [5.41, 5.74) is -4.35. The van der Waals surface area contributed by atoms with E-state index in [4.69, 9.17) is 0 Å². The molecule has 0 saturated carbocycles. The Morgan fingerprint density at radius 3 is 1.80 bits per heavy atom. The summed E-state index contributed by atoms with van der Waals surface area (Å²) in [6.45, 7) is -2.09. The number of Topliss-reactive ketones (excluding diaryl/α,β-unsaturated/α-hetero) is 1. The molecule has 1 saturated heterocycles. The van der Waals surface area contributed by atoms with Crippen LogP contribution in [-0.2, 0) is 9.53 Å². The van der Waals surface area contributed by atoms with E-state index in [1.165, 1.54) is 0 Å². The van der Waals surface area contributed by atoms with E-state index in [9.17, 15) is 31.1 Å². The van der Waals surface area contributed by atoms with Gasteiger partial charge in [0.25, 0.3) is 0 Å². The highest BCUT2D eigenvalue weighted by atomic mass is 19.4. The molecule has 0 N–H and O–H groups in total. The van der Waals surface area contributed by atoms with Crippen LogP contribution in [0.2, 0.25) is 0 Å². The average Bonchev–Trinajstić information content (AvgIpc) is 2.00. The molecular weight excluding hydrogens is 230 g/mol. The second-order valence-corrected chi connectivity index (χ2v) is 3.13. The second-order valence-electron chi connectivity index (χ2n) is 3.13. The van der Waals surface area contributed by atoms with Gasteiger partial charge in [0.15, 0.2) is 5.78 Å². The van der Waals surface area contributed by atoms with E-state index in [-0.39, 0.29) is 0 Å². The Labute approximate surface area is 80.2 Å². The zero-order valence-corrected chi connectivity index (χ0v) is 7.21. The second kappa shape index (κ2) is 3.36. The fraction of sp³-hybridized carbons (Fsp3) is 0.857. The van der Waals surface area contributed by atoms with E-state index in [1.807, 2.05) is 0 Å². The van der Waals surface area contributed by atoms with Gasteiger partial charge in [-0.15, -0.1) is 0 Å². The van der Waals surface area contributed by atoms with Crippen molar-refractivity contribution in [3.63, 3.8) is 0 Å². The molecule has 0 amide bonds. The van der Waals surface area contributed by atoms with Crippen LogP contribution in [0, 0.1) is 5.41 Å². The number of ether oxygens (including phenoxy) is 1. The maximum atomic E-state index is 12.3. The van der Waals surface area contributed by atoms with Gasteiger partial charge < -0.3 is 4.74 Å². The molecule has 0 unspecified atom stereocenters. The lowest BCUT2D eigenvalue weighted by Gasteiger charge is -2.37. The molecule has 1 aliphatic rings. The molecule has 0 bridgehead atoms. The highest BCUT2D eigenvalue weighted by molar-refractivity contribution is 5.87. The van der Waals surface area contributed by atoms with Crippen LogP contribution >= 0.6 is 0 Å². The Hall–Kier alpha value is -0.790. The zero-order valence-electron chi connectivity index (χ0n) is 7.21. The molecule has 1 heterocycles. The summed E-state index contributed by atoms with van der Waals surface area (Å²) >= 11 is 0. The standard InChI is InChI=1S/C7H6F6O2/c8-6(9,10)5(7(11,12)13)3-15-2-1-4(5)14/h1-3H2. The zero-order chi connectivity index (χ0) is 11.9. The molecule has 1 rings (SSSR count). The summed E-state index contributed by atoms with van der Waals surface area (Å²) in [4.78, 5) is 10.9. The Kier molecular flexibility index (Phi) is 2.75. The molecule has 2 nitrogen and oxygen atoms in total. The minimum absolute atomic E-state index is 0.410. The summed E-state index contributed by atoms with van der Waals surface area (Å²) in [5, 5.41) is 0. The van der Waals surface area contributed by atoms with Crippen molar-refractivity contribution in [2.24, 2.45) is 5.41 Å². The average molecular weight is 236 g/mol. The lowest BCUT2D eigenvalue weighted by atomic mass is 9.79. The highest BCUT2D eigenvalue weighted by Crippen LogP contribution is 2.52. The predicted octanol–water partition coefficient (Wildman–Crippen LogP) is 2.09. The number of carbonyl (C=O) groups excluding carboxylic acids is 1. The normalized spacial score (nSPS) is 22.9. The number of hydrogen-bond acceptors (Lipinski definition) is 2. The van der Waals surface area contributed by atoms with Crippen LogP contribution in [-0.4, -0.2) is 31.3 Å². The molecule has 88 valence electrons. The largest absolute Gasteiger partial charge is 0.412 e. The smallest absolute Gasteiger partial charge is 0.379 e. The molecule has 0 aromatic rings. The van der Waals surface area contributed by atoms with Gasteiger partial charge in [-0.05, 0) is 0 Å². The summed E-state index contributed by atoms with van der Waals surface area (Å²) in [6, 6.07) is 0. The van der Waals surface area contributed by atoms with E-state index in [0.29, 0.717) is 0 Å². The van der Waals surface area contributed by atoms with Crippen molar-refractivity contribution in [1.29, 1.82) is 0 Å². The topological polar surface area (TPSA) is 26.3 Å².